The number of rotatable bonds is 4. The second-order valence-corrected chi connectivity index (χ2v) is 6.31. The van der Waals surface area contributed by atoms with Gasteiger partial charge in [0.1, 0.15) is 5.54 Å². The molecule has 7 nitrogen and oxygen atoms in total. The fourth-order valence-electron chi connectivity index (χ4n) is 3.23. The molecule has 2 heterocycles. The number of amides is 1. The summed E-state index contributed by atoms with van der Waals surface area (Å²) < 4.78 is 0. The predicted octanol–water partition coefficient (Wildman–Crippen LogP) is 1.18. The number of H-pyrrole nitrogens is 1. The van der Waals surface area contributed by atoms with Gasteiger partial charge in [0.2, 0.25) is 5.91 Å². The van der Waals surface area contributed by atoms with Gasteiger partial charge in [0, 0.05) is 24.4 Å². The van der Waals surface area contributed by atoms with Crippen molar-refractivity contribution in [1.82, 2.24) is 14.9 Å². The van der Waals surface area contributed by atoms with Gasteiger partial charge >= 0.3 is 11.7 Å². The van der Waals surface area contributed by atoms with Crippen LogP contribution in [0.2, 0.25) is 0 Å². The first-order chi connectivity index (χ1) is 10.8. The van der Waals surface area contributed by atoms with Crippen molar-refractivity contribution in [3.63, 3.8) is 0 Å². The van der Waals surface area contributed by atoms with Gasteiger partial charge < -0.3 is 15.0 Å². The Labute approximate surface area is 134 Å². The molecule has 2 N–H and O–H groups in total. The van der Waals surface area contributed by atoms with Crippen LogP contribution in [0.1, 0.15) is 49.6 Å². The van der Waals surface area contributed by atoms with Crippen molar-refractivity contribution in [2.75, 3.05) is 6.54 Å². The maximum atomic E-state index is 12.6. The van der Waals surface area contributed by atoms with Gasteiger partial charge in [-0.3, -0.25) is 4.79 Å². The van der Waals surface area contributed by atoms with Gasteiger partial charge in [-0.2, -0.15) is 4.98 Å². The van der Waals surface area contributed by atoms with Crippen LogP contribution in [0.3, 0.4) is 0 Å². The van der Waals surface area contributed by atoms with E-state index in [4.69, 9.17) is 0 Å². The van der Waals surface area contributed by atoms with E-state index < -0.39 is 17.2 Å². The number of aromatic amines is 1. The average molecular weight is 321 g/mol. The lowest BCUT2D eigenvalue weighted by Gasteiger charge is -2.41. The smallest absolute Gasteiger partial charge is 0.345 e. The summed E-state index contributed by atoms with van der Waals surface area (Å²) in [5.41, 5.74) is 0.632. The first-order valence-corrected chi connectivity index (χ1v) is 7.86. The topological polar surface area (TPSA) is 103 Å². The zero-order valence-corrected chi connectivity index (χ0v) is 13.8. The van der Waals surface area contributed by atoms with Crippen LogP contribution in [0.15, 0.2) is 4.79 Å². The predicted molar refractivity (Wildman–Crippen MR) is 84.3 cm³/mol. The number of aliphatic carboxylic acids is 1. The van der Waals surface area contributed by atoms with Crippen molar-refractivity contribution in [2.24, 2.45) is 0 Å². The van der Waals surface area contributed by atoms with Gasteiger partial charge in [0.15, 0.2) is 0 Å². The number of hydrogen-bond acceptors (Lipinski definition) is 4. The third-order valence-corrected chi connectivity index (χ3v) is 4.69. The molecule has 126 valence electrons. The fraction of sp³-hybridized carbons (Fsp3) is 0.625. The van der Waals surface area contributed by atoms with Gasteiger partial charge in [-0.05, 0) is 52.0 Å². The van der Waals surface area contributed by atoms with E-state index in [2.05, 4.69) is 9.97 Å². The summed E-state index contributed by atoms with van der Waals surface area (Å²) in [4.78, 5) is 43.4. The van der Waals surface area contributed by atoms with Crippen molar-refractivity contribution in [3.8, 4) is 0 Å². The Morgan fingerprint density at radius 3 is 2.65 bits per heavy atom. The number of carbonyl (C=O) groups is 2. The van der Waals surface area contributed by atoms with E-state index in [-0.39, 0.29) is 12.3 Å². The van der Waals surface area contributed by atoms with E-state index in [9.17, 15) is 19.5 Å². The normalized spacial score (nSPS) is 21.3. The molecule has 1 atom stereocenters. The van der Waals surface area contributed by atoms with Crippen molar-refractivity contribution in [2.45, 2.75) is 58.4 Å². The highest BCUT2D eigenvalue weighted by Crippen LogP contribution is 2.29. The zero-order chi connectivity index (χ0) is 17.2. The molecule has 7 heteroatoms. The van der Waals surface area contributed by atoms with Gasteiger partial charge in [0.05, 0.1) is 0 Å². The number of likely N-dealkylation sites (tertiary alicyclic amines) is 1. The Kier molecular flexibility index (Phi) is 4.87. The zero-order valence-electron chi connectivity index (χ0n) is 13.8. The molecular weight excluding hydrogens is 298 g/mol. The lowest BCUT2D eigenvalue weighted by molar-refractivity contribution is -0.161. The Morgan fingerprint density at radius 1 is 1.35 bits per heavy atom. The molecule has 1 amide bonds. The SMILES string of the molecule is Cc1nc(=O)[nH]c(C)c1CCC(=O)N1CCCC[C@]1(C)C(=O)O. The molecule has 1 aromatic heterocycles. The molecule has 0 bridgehead atoms. The molecule has 0 aromatic carbocycles. The molecule has 1 aromatic rings. The van der Waals surface area contributed by atoms with Crippen LogP contribution in [-0.4, -0.2) is 43.9 Å². The lowest BCUT2D eigenvalue weighted by atomic mass is 9.88. The Balaban J connectivity index is 2.13. The van der Waals surface area contributed by atoms with Crippen LogP contribution in [0, 0.1) is 13.8 Å². The molecule has 1 saturated heterocycles. The summed E-state index contributed by atoms with van der Waals surface area (Å²) >= 11 is 0. The molecule has 2 rings (SSSR count). The minimum absolute atomic E-state index is 0.167. The third-order valence-electron chi connectivity index (χ3n) is 4.69. The number of carbonyl (C=O) groups excluding carboxylic acids is 1. The van der Waals surface area contributed by atoms with Crippen molar-refractivity contribution in [3.05, 3.63) is 27.4 Å². The monoisotopic (exact) mass is 321 g/mol. The van der Waals surface area contributed by atoms with E-state index in [1.165, 1.54) is 4.90 Å². The maximum Gasteiger partial charge on any atom is 0.345 e. The van der Waals surface area contributed by atoms with Crippen LogP contribution in [0.25, 0.3) is 0 Å². The van der Waals surface area contributed by atoms with Crippen molar-refractivity contribution < 1.29 is 14.7 Å². The van der Waals surface area contributed by atoms with E-state index >= 15 is 0 Å². The molecular formula is C16H23N3O4. The second-order valence-electron chi connectivity index (χ2n) is 6.31. The molecule has 0 aliphatic carbocycles. The van der Waals surface area contributed by atoms with E-state index in [0.717, 1.165) is 18.4 Å². The highest BCUT2D eigenvalue weighted by molar-refractivity contribution is 5.87. The molecule has 0 saturated carbocycles. The molecule has 1 fully saturated rings. The third kappa shape index (κ3) is 3.43. The molecule has 0 spiro atoms. The van der Waals surface area contributed by atoms with Crippen LogP contribution in [0.5, 0.6) is 0 Å². The minimum Gasteiger partial charge on any atom is -0.480 e. The molecule has 0 unspecified atom stereocenters. The summed E-state index contributed by atoms with van der Waals surface area (Å²) in [5, 5.41) is 9.48. The number of aromatic nitrogens is 2. The van der Waals surface area contributed by atoms with Gasteiger partial charge in [0.25, 0.3) is 0 Å². The van der Waals surface area contributed by atoms with Crippen molar-refractivity contribution >= 4 is 11.9 Å². The number of piperidine rings is 1. The van der Waals surface area contributed by atoms with E-state index in [0.29, 0.717) is 30.8 Å². The number of nitrogens with one attached hydrogen (secondary N) is 1. The number of aryl methyl sites for hydroxylation is 2. The van der Waals surface area contributed by atoms with Crippen LogP contribution < -0.4 is 5.69 Å². The Hall–Kier alpha value is -2.18. The summed E-state index contributed by atoms with van der Waals surface area (Å²) in [6.07, 6.45) is 2.76. The highest BCUT2D eigenvalue weighted by Gasteiger charge is 2.43. The summed E-state index contributed by atoms with van der Waals surface area (Å²) in [5.74, 6) is -1.12. The van der Waals surface area contributed by atoms with Gasteiger partial charge in [-0.15, -0.1) is 0 Å². The van der Waals surface area contributed by atoms with Crippen molar-refractivity contribution in [1.29, 1.82) is 0 Å². The number of hydrogen-bond donors (Lipinski definition) is 2. The van der Waals surface area contributed by atoms with E-state index in [1.54, 1.807) is 20.8 Å². The molecule has 1 aliphatic rings. The Bertz CT molecular complexity index is 656. The quantitative estimate of drug-likeness (QED) is 0.866. The van der Waals surface area contributed by atoms with E-state index in [1.807, 2.05) is 0 Å². The molecule has 23 heavy (non-hydrogen) atoms. The van der Waals surface area contributed by atoms with Crippen LogP contribution in [-0.2, 0) is 16.0 Å². The number of nitrogens with zero attached hydrogens (tertiary/aromatic N) is 2. The molecule has 1 aliphatic heterocycles. The average Bonchev–Trinajstić information content (AvgIpc) is 2.46. The standard InChI is InChI=1S/C16H23N3O4/c1-10-12(11(2)18-15(23)17-10)6-7-13(20)19-9-5-4-8-16(19,3)14(21)22/h4-9H2,1-3H3,(H,21,22)(H,17,18,23)/t16-/m1/s1. The first kappa shape index (κ1) is 17.2. The summed E-state index contributed by atoms with van der Waals surface area (Å²) in [6, 6.07) is 0. The van der Waals surface area contributed by atoms with Crippen LogP contribution in [0.4, 0.5) is 0 Å². The highest BCUT2D eigenvalue weighted by atomic mass is 16.4. The summed E-state index contributed by atoms with van der Waals surface area (Å²) in [7, 11) is 0. The number of carboxylic acids is 1. The minimum atomic E-state index is -1.12. The largest absolute Gasteiger partial charge is 0.480 e. The summed E-state index contributed by atoms with van der Waals surface area (Å²) in [6.45, 7) is 5.61. The lowest BCUT2D eigenvalue weighted by Crippen LogP contribution is -2.57. The second kappa shape index (κ2) is 6.52. The van der Waals surface area contributed by atoms with Crippen LogP contribution >= 0.6 is 0 Å². The first-order valence-electron chi connectivity index (χ1n) is 7.86. The Morgan fingerprint density at radius 2 is 2.04 bits per heavy atom. The maximum absolute atomic E-state index is 12.6. The number of carboxylic acid groups (broad SMARTS) is 1. The fourth-order valence-corrected chi connectivity index (χ4v) is 3.23. The molecule has 0 radical (unpaired) electrons. The van der Waals surface area contributed by atoms with Gasteiger partial charge in [-0.1, -0.05) is 0 Å². The van der Waals surface area contributed by atoms with Gasteiger partial charge in [-0.25, -0.2) is 9.59 Å².